The first-order chi connectivity index (χ1) is 6.88. The Labute approximate surface area is 101 Å². The SMILES string of the molecule is ICc1csc(Nc2ccccc2)n1. The van der Waals surface area contributed by atoms with Crippen LogP contribution < -0.4 is 5.32 Å². The molecule has 0 atom stereocenters. The van der Waals surface area contributed by atoms with Gasteiger partial charge in [-0.15, -0.1) is 11.3 Å². The maximum absolute atomic E-state index is 4.42. The van der Waals surface area contributed by atoms with E-state index < -0.39 is 0 Å². The predicted molar refractivity (Wildman–Crippen MR) is 69.6 cm³/mol. The highest BCUT2D eigenvalue weighted by molar-refractivity contribution is 14.1. The number of halogens is 1. The van der Waals surface area contributed by atoms with Crippen LogP contribution in [-0.2, 0) is 4.43 Å². The average Bonchev–Trinajstić information content (AvgIpc) is 2.67. The first-order valence-electron chi connectivity index (χ1n) is 4.21. The van der Waals surface area contributed by atoms with E-state index in [1.54, 1.807) is 11.3 Å². The standard InChI is InChI=1S/C10H9IN2S/c11-6-9-7-14-10(13-9)12-8-4-2-1-3-5-8/h1-5,7H,6H2,(H,12,13). The van der Waals surface area contributed by atoms with Gasteiger partial charge in [-0.25, -0.2) is 4.98 Å². The van der Waals surface area contributed by atoms with Gasteiger partial charge in [0.1, 0.15) is 0 Å². The van der Waals surface area contributed by atoms with Crippen molar-refractivity contribution in [2.75, 3.05) is 5.32 Å². The second-order valence-electron chi connectivity index (χ2n) is 2.77. The molecule has 0 radical (unpaired) electrons. The number of alkyl halides is 1. The number of hydrogen-bond donors (Lipinski definition) is 1. The summed E-state index contributed by atoms with van der Waals surface area (Å²) in [6.07, 6.45) is 0. The Morgan fingerprint density at radius 2 is 2.07 bits per heavy atom. The van der Waals surface area contributed by atoms with Crippen LogP contribution in [0.3, 0.4) is 0 Å². The fourth-order valence-electron chi connectivity index (χ4n) is 1.07. The molecule has 14 heavy (non-hydrogen) atoms. The highest BCUT2D eigenvalue weighted by Crippen LogP contribution is 2.21. The van der Waals surface area contributed by atoms with Crippen LogP contribution in [-0.4, -0.2) is 4.98 Å². The lowest BCUT2D eigenvalue weighted by Gasteiger charge is -2.00. The molecule has 4 heteroatoms. The van der Waals surface area contributed by atoms with Crippen molar-refractivity contribution in [2.45, 2.75) is 4.43 Å². The Bertz CT molecular complexity index is 400. The van der Waals surface area contributed by atoms with Gasteiger partial charge in [-0.05, 0) is 12.1 Å². The van der Waals surface area contributed by atoms with Crippen LogP contribution in [0.5, 0.6) is 0 Å². The molecule has 2 nitrogen and oxygen atoms in total. The minimum absolute atomic E-state index is 0.961. The van der Waals surface area contributed by atoms with Gasteiger partial charge in [0.2, 0.25) is 0 Å². The van der Waals surface area contributed by atoms with E-state index >= 15 is 0 Å². The van der Waals surface area contributed by atoms with Gasteiger partial charge in [0.05, 0.1) is 5.69 Å². The minimum atomic E-state index is 0.961. The van der Waals surface area contributed by atoms with E-state index in [1.807, 2.05) is 30.3 Å². The van der Waals surface area contributed by atoms with E-state index in [2.05, 4.69) is 38.3 Å². The van der Waals surface area contributed by atoms with Gasteiger partial charge in [0.15, 0.2) is 5.13 Å². The van der Waals surface area contributed by atoms with Crippen molar-refractivity contribution in [1.82, 2.24) is 4.98 Å². The van der Waals surface area contributed by atoms with Crippen LogP contribution in [0, 0.1) is 0 Å². The molecule has 72 valence electrons. The summed E-state index contributed by atoms with van der Waals surface area (Å²) < 4.78 is 0.963. The summed E-state index contributed by atoms with van der Waals surface area (Å²) in [5.41, 5.74) is 2.22. The Morgan fingerprint density at radius 3 is 2.71 bits per heavy atom. The van der Waals surface area contributed by atoms with Crippen molar-refractivity contribution < 1.29 is 0 Å². The number of nitrogens with zero attached hydrogens (tertiary/aromatic N) is 1. The van der Waals surface area contributed by atoms with Gasteiger partial charge < -0.3 is 5.32 Å². The van der Waals surface area contributed by atoms with Crippen LogP contribution in [0.25, 0.3) is 0 Å². The average molecular weight is 316 g/mol. The Hall–Kier alpha value is -0.620. The molecule has 0 amide bonds. The molecule has 0 saturated carbocycles. The lowest BCUT2D eigenvalue weighted by Crippen LogP contribution is -1.88. The third-order valence-electron chi connectivity index (χ3n) is 1.71. The van der Waals surface area contributed by atoms with Crippen molar-refractivity contribution in [3.8, 4) is 0 Å². The molecule has 0 saturated heterocycles. The molecule has 1 heterocycles. The van der Waals surface area contributed by atoms with Crippen molar-refractivity contribution in [2.24, 2.45) is 0 Å². The van der Waals surface area contributed by atoms with Gasteiger partial charge in [-0.2, -0.15) is 0 Å². The summed E-state index contributed by atoms with van der Waals surface area (Å²) in [5.74, 6) is 0. The molecule has 0 aliphatic heterocycles. The number of rotatable bonds is 3. The molecule has 2 aromatic rings. The first-order valence-corrected chi connectivity index (χ1v) is 6.61. The van der Waals surface area contributed by atoms with E-state index in [-0.39, 0.29) is 0 Å². The summed E-state index contributed by atoms with van der Waals surface area (Å²) in [5, 5.41) is 6.30. The van der Waals surface area contributed by atoms with Crippen molar-refractivity contribution in [3.05, 3.63) is 41.4 Å². The monoisotopic (exact) mass is 316 g/mol. The second kappa shape index (κ2) is 4.75. The van der Waals surface area contributed by atoms with E-state index in [4.69, 9.17) is 0 Å². The molecule has 1 N–H and O–H groups in total. The van der Waals surface area contributed by atoms with Crippen molar-refractivity contribution in [3.63, 3.8) is 0 Å². The van der Waals surface area contributed by atoms with Gasteiger partial charge in [-0.1, -0.05) is 40.8 Å². The Balaban J connectivity index is 2.11. The van der Waals surface area contributed by atoms with Crippen LogP contribution in [0.4, 0.5) is 10.8 Å². The second-order valence-corrected chi connectivity index (χ2v) is 4.39. The van der Waals surface area contributed by atoms with Crippen LogP contribution in [0.15, 0.2) is 35.7 Å². The van der Waals surface area contributed by atoms with Gasteiger partial charge in [0.25, 0.3) is 0 Å². The fraction of sp³-hybridized carbons (Fsp3) is 0.100. The van der Waals surface area contributed by atoms with Crippen LogP contribution in [0.2, 0.25) is 0 Å². The zero-order valence-electron chi connectivity index (χ0n) is 7.40. The molecule has 0 aliphatic carbocycles. The molecule has 0 unspecified atom stereocenters. The molecule has 0 aliphatic rings. The zero-order valence-corrected chi connectivity index (χ0v) is 10.4. The van der Waals surface area contributed by atoms with Gasteiger partial charge >= 0.3 is 0 Å². The number of nitrogens with one attached hydrogen (secondary N) is 1. The molecule has 0 bridgehead atoms. The maximum atomic E-state index is 4.42. The Morgan fingerprint density at radius 1 is 1.29 bits per heavy atom. The van der Waals surface area contributed by atoms with E-state index in [1.165, 1.54) is 0 Å². The molecule has 1 aromatic heterocycles. The minimum Gasteiger partial charge on any atom is -0.332 e. The largest absolute Gasteiger partial charge is 0.332 e. The highest BCUT2D eigenvalue weighted by atomic mass is 127. The smallest absolute Gasteiger partial charge is 0.187 e. The summed E-state index contributed by atoms with van der Waals surface area (Å²) >= 11 is 3.96. The van der Waals surface area contributed by atoms with Gasteiger partial charge in [0, 0.05) is 15.5 Å². The van der Waals surface area contributed by atoms with E-state index in [0.717, 1.165) is 20.9 Å². The normalized spacial score (nSPS) is 10.1. The molecule has 0 spiro atoms. The number of hydrogen-bond acceptors (Lipinski definition) is 3. The zero-order chi connectivity index (χ0) is 9.80. The van der Waals surface area contributed by atoms with Crippen LogP contribution in [0.1, 0.15) is 5.69 Å². The van der Waals surface area contributed by atoms with Crippen molar-refractivity contribution >= 4 is 44.7 Å². The summed E-state index contributed by atoms with van der Waals surface area (Å²) in [4.78, 5) is 4.42. The molecular weight excluding hydrogens is 307 g/mol. The lowest BCUT2D eigenvalue weighted by molar-refractivity contribution is 1.25. The predicted octanol–water partition coefficient (Wildman–Crippen LogP) is 3.82. The molecular formula is C10H9IN2S. The first kappa shape index (κ1) is 9.92. The summed E-state index contributed by atoms with van der Waals surface area (Å²) in [6.45, 7) is 0. The topological polar surface area (TPSA) is 24.9 Å². The summed E-state index contributed by atoms with van der Waals surface area (Å²) in [6, 6.07) is 10.1. The third-order valence-corrected chi connectivity index (χ3v) is 3.30. The summed E-state index contributed by atoms with van der Waals surface area (Å²) in [7, 11) is 0. The number of para-hydroxylation sites is 1. The van der Waals surface area contributed by atoms with Gasteiger partial charge in [-0.3, -0.25) is 0 Å². The molecule has 0 fully saturated rings. The number of benzene rings is 1. The maximum Gasteiger partial charge on any atom is 0.187 e. The lowest BCUT2D eigenvalue weighted by atomic mass is 10.3. The quantitative estimate of drug-likeness (QED) is 0.688. The number of anilines is 2. The van der Waals surface area contributed by atoms with E-state index in [0.29, 0.717) is 0 Å². The Kier molecular flexibility index (Phi) is 3.36. The van der Waals surface area contributed by atoms with Crippen molar-refractivity contribution in [1.29, 1.82) is 0 Å². The third kappa shape index (κ3) is 2.45. The number of thiazole rings is 1. The van der Waals surface area contributed by atoms with E-state index in [9.17, 15) is 0 Å². The highest BCUT2D eigenvalue weighted by Gasteiger charge is 1.99. The van der Waals surface area contributed by atoms with Crippen LogP contribution >= 0.6 is 33.9 Å². The number of aromatic nitrogens is 1. The molecule has 1 aromatic carbocycles. The molecule has 2 rings (SSSR count). The fourth-order valence-corrected chi connectivity index (χ4v) is 2.49.